The molecule has 2 aliphatic rings. The Morgan fingerprint density at radius 2 is 1.78 bits per heavy atom. The molecule has 7 heteroatoms. The highest BCUT2D eigenvalue weighted by atomic mass is 32.2. The van der Waals surface area contributed by atoms with Crippen LogP contribution in [-0.4, -0.2) is 60.8 Å². The number of nitrogens with zero attached hydrogens (tertiary/aromatic N) is 2. The average molecular weight is 393 g/mol. The van der Waals surface area contributed by atoms with E-state index >= 15 is 0 Å². The first-order chi connectivity index (χ1) is 12.1. The molecule has 4 rings (SSSR count). The highest BCUT2D eigenvalue weighted by Gasteiger charge is 2.32. The summed E-state index contributed by atoms with van der Waals surface area (Å²) in [5.41, 5.74) is 2.70. The number of hydrogen-bond donors (Lipinski definition) is 0. The van der Waals surface area contributed by atoms with Crippen molar-refractivity contribution >= 4 is 11.8 Å². The molecule has 0 bridgehead atoms. The Morgan fingerprint density at radius 1 is 1.07 bits per heavy atom. The molecule has 0 radical (unpaired) electrons. The van der Waals surface area contributed by atoms with Crippen LogP contribution in [0.3, 0.4) is 0 Å². The van der Waals surface area contributed by atoms with Crippen LogP contribution in [0.5, 0.6) is 5.75 Å². The third kappa shape index (κ3) is 4.29. The zero-order chi connectivity index (χ0) is 17.4. The SMILES string of the molecule is COc1cccc2c1Sc1ccccc1CC2N1CC[N+](C)([O-])CC1.O.O. The van der Waals surface area contributed by atoms with Gasteiger partial charge in [0.2, 0.25) is 0 Å². The maximum atomic E-state index is 12.3. The number of fused-ring (bicyclic) bond motifs is 2. The molecule has 27 heavy (non-hydrogen) atoms. The zero-order valence-corrected chi connectivity index (χ0v) is 16.6. The lowest BCUT2D eigenvalue weighted by Gasteiger charge is -2.47. The predicted molar refractivity (Wildman–Crippen MR) is 108 cm³/mol. The van der Waals surface area contributed by atoms with Crippen molar-refractivity contribution in [1.29, 1.82) is 0 Å². The van der Waals surface area contributed by atoms with Crippen molar-refractivity contribution in [3.63, 3.8) is 0 Å². The molecule has 0 aliphatic carbocycles. The zero-order valence-electron chi connectivity index (χ0n) is 15.8. The van der Waals surface area contributed by atoms with E-state index in [0.717, 1.165) is 25.3 Å². The maximum absolute atomic E-state index is 12.3. The summed E-state index contributed by atoms with van der Waals surface area (Å²) in [7, 11) is 3.52. The Hall–Kier alpha value is -1.61. The Balaban J connectivity index is 0.00000131. The summed E-state index contributed by atoms with van der Waals surface area (Å²) in [6, 6.07) is 15.3. The summed E-state index contributed by atoms with van der Waals surface area (Å²) >= 11 is 1.80. The molecule has 1 saturated heterocycles. The lowest BCUT2D eigenvalue weighted by Crippen LogP contribution is -2.54. The molecule has 2 aliphatic heterocycles. The van der Waals surface area contributed by atoms with Crippen LogP contribution < -0.4 is 4.74 Å². The quantitative estimate of drug-likeness (QED) is 0.577. The number of hydrogen-bond acceptors (Lipinski definition) is 4. The third-order valence-electron chi connectivity index (χ3n) is 5.35. The van der Waals surface area contributed by atoms with E-state index in [4.69, 9.17) is 4.74 Å². The van der Waals surface area contributed by atoms with Gasteiger partial charge in [-0.25, -0.2) is 0 Å². The van der Waals surface area contributed by atoms with Gasteiger partial charge >= 0.3 is 0 Å². The van der Waals surface area contributed by atoms with E-state index in [-0.39, 0.29) is 15.6 Å². The molecule has 0 saturated carbocycles. The minimum Gasteiger partial charge on any atom is -0.633 e. The number of methoxy groups -OCH3 is 1. The number of benzene rings is 2. The molecule has 2 aromatic carbocycles. The maximum Gasteiger partial charge on any atom is 0.133 e. The standard InChI is InChI=1S/C20H24N2O2S.2H2O/c1-22(23)12-10-21(11-13-22)17-14-15-6-3-4-9-19(15)25-20-16(17)7-5-8-18(20)24-2;;/h3-9,17H,10-14H2,1-2H3;2*1H2. The minimum atomic E-state index is -0.125. The normalized spacial score (nSPS) is 20.9. The molecule has 4 N–H and O–H groups in total. The summed E-state index contributed by atoms with van der Waals surface area (Å²) in [6.45, 7) is 3.00. The fourth-order valence-corrected chi connectivity index (χ4v) is 5.03. The molecule has 1 atom stereocenters. The van der Waals surface area contributed by atoms with Crippen LogP contribution in [0, 0.1) is 5.21 Å². The van der Waals surface area contributed by atoms with Gasteiger partial charge in [0.25, 0.3) is 0 Å². The fraction of sp³-hybridized carbons (Fsp3) is 0.400. The average Bonchev–Trinajstić information content (AvgIpc) is 2.78. The van der Waals surface area contributed by atoms with Crippen LogP contribution in [-0.2, 0) is 6.42 Å². The molecule has 148 valence electrons. The molecule has 1 fully saturated rings. The Labute approximate surface area is 164 Å². The molecule has 0 amide bonds. The first kappa shape index (κ1) is 21.7. The van der Waals surface area contributed by atoms with Gasteiger partial charge in [-0.05, 0) is 29.7 Å². The molecule has 6 nitrogen and oxygen atoms in total. The second-order valence-corrected chi connectivity index (χ2v) is 8.14. The summed E-state index contributed by atoms with van der Waals surface area (Å²) < 4.78 is 5.53. The van der Waals surface area contributed by atoms with Crippen LogP contribution >= 0.6 is 11.8 Å². The minimum absolute atomic E-state index is 0. The molecule has 2 aromatic rings. The van der Waals surface area contributed by atoms with Gasteiger partial charge in [-0.1, -0.05) is 42.1 Å². The monoisotopic (exact) mass is 392 g/mol. The largest absolute Gasteiger partial charge is 0.633 e. The third-order valence-corrected chi connectivity index (χ3v) is 6.61. The molecule has 1 unspecified atom stereocenters. The molecule has 0 spiro atoms. The molecule has 2 heterocycles. The van der Waals surface area contributed by atoms with Gasteiger partial charge in [0.15, 0.2) is 0 Å². The van der Waals surface area contributed by atoms with E-state index in [1.165, 1.54) is 20.9 Å². The van der Waals surface area contributed by atoms with Gasteiger partial charge in [0, 0.05) is 24.0 Å². The van der Waals surface area contributed by atoms with Crippen LogP contribution in [0.25, 0.3) is 0 Å². The van der Waals surface area contributed by atoms with Gasteiger partial charge in [0.1, 0.15) is 5.75 Å². The summed E-state index contributed by atoms with van der Waals surface area (Å²) in [5.74, 6) is 0.936. The Bertz CT molecular complexity index is 774. The number of likely N-dealkylation sites (N-methyl/N-ethyl adjacent to an activating group) is 1. The lowest BCUT2D eigenvalue weighted by molar-refractivity contribution is -0.865. The first-order valence-electron chi connectivity index (χ1n) is 8.80. The van der Waals surface area contributed by atoms with Crippen molar-refractivity contribution in [1.82, 2.24) is 4.90 Å². The smallest absolute Gasteiger partial charge is 0.133 e. The number of quaternary nitrogens is 1. The van der Waals surface area contributed by atoms with Crippen LogP contribution in [0.2, 0.25) is 0 Å². The van der Waals surface area contributed by atoms with Crippen molar-refractivity contribution in [3.8, 4) is 5.75 Å². The van der Waals surface area contributed by atoms with Crippen molar-refractivity contribution in [3.05, 3.63) is 58.8 Å². The second-order valence-electron chi connectivity index (χ2n) is 7.09. The van der Waals surface area contributed by atoms with Crippen LogP contribution in [0.1, 0.15) is 17.2 Å². The second kappa shape index (κ2) is 8.60. The van der Waals surface area contributed by atoms with Crippen LogP contribution in [0.15, 0.2) is 52.3 Å². The van der Waals surface area contributed by atoms with Crippen molar-refractivity contribution in [2.75, 3.05) is 40.3 Å². The van der Waals surface area contributed by atoms with E-state index in [1.54, 1.807) is 25.9 Å². The Morgan fingerprint density at radius 3 is 2.48 bits per heavy atom. The molecular weight excluding hydrogens is 364 g/mol. The topological polar surface area (TPSA) is 98.5 Å². The predicted octanol–water partition coefficient (Wildman–Crippen LogP) is 2.05. The van der Waals surface area contributed by atoms with Gasteiger partial charge in [0.05, 0.1) is 32.1 Å². The molecule has 0 aromatic heterocycles. The number of rotatable bonds is 2. The van der Waals surface area contributed by atoms with Gasteiger partial charge in [-0.15, -0.1) is 0 Å². The molecular formula is C20H28N2O4S. The lowest BCUT2D eigenvalue weighted by atomic mass is 9.96. The van der Waals surface area contributed by atoms with E-state index < -0.39 is 0 Å². The fourth-order valence-electron chi connectivity index (χ4n) is 3.81. The Kier molecular flexibility index (Phi) is 6.91. The van der Waals surface area contributed by atoms with E-state index in [2.05, 4.69) is 41.3 Å². The van der Waals surface area contributed by atoms with Crippen molar-refractivity contribution in [2.24, 2.45) is 0 Å². The van der Waals surface area contributed by atoms with E-state index in [0.29, 0.717) is 19.1 Å². The first-order valence-corrected chi connectivity index (χ1v) is 9.61. The van der Waals surface area contributed by atoms with Gasteiger partial charge in [-0.3, -0.25) is 4.90 Å². The summed E-state index contributed by atoms with van der Waals surface area (Å²) in [4.78, 5) is 5.00. The van der Waals surface area contributed by atoms with Crippen molar-refractivity contribution < 1.29 is 20.3 Å². The number of hydroxylamine groups is 3. The summed E-state index contributed by atoms with van der Waals surface area (Å²) in [6.07, 6.45) is 0.978. The summed E-state index contributed by atoms with van der Waals surface area (Å²) in [5, 5.41) is 12.3. The highest BCUT2D eigenvalue weighted by Crippen LogP contribution is 2.46. The van der Waals surface area contributed by atoms with Crippen LogP contribution in [0.4, 0.5) is 0 Å². The van der Waals surface area contributed by atoms with E-state index in [9.17, 15) is 5.21 Å². The van der Waals surface area contributed by atoms with E-state index in [1.807, 2.05) is 6.07 Å². The van der Waals surface area contributed by atoms with Crippen molar-refractivity contribution in [2.45, 2.75) is 22.3 Å². The number of ether oxygens (including phenoxy) is 1. The van der Waals surface area contributed by atoms with Gasteiger partial charge in [-0.2, -0.15) is 0 Å². The number of piperazine rings is 1. The highest BCUT2D eigenvalue weighted by molar-refractivity contribution is 7.99. The van der Waals surface area contributed by atoms with Gasteiger partial charge < -0.3 is 25.5 Å².